The first kappa shape index (κ1) is 15.4. The van der Waals surface area contributed by atoms with Crippen LogP contribution in [0.1, 0.15) is 34.1 Å². The van der Waals surface area contributed by atoms with Gasteiger partial charge in [0.05, 0.1) is 12.6 Å². The molecule has 0 aromatic heterocycles. The number of hydrogen-bond donors (Lipinski definition) is 2. The highest BCUT2D eigenvalue weighted by atomic mass is 16.5. The van der Waals surface area contributed by atoms with E-state index in [0.717, 1.165) is 13.0 Å². The third kappa shape index (κ3) is 7.65. The van der Waals surface area contributed by atoms with Crippen molar-refractivity contribution in [3.8, 4) is 0 Å². The standard InChI is InChI=1S/C12H26N2O2/c1-9(2)5-7-16-8-6-14-12(15)11(13)10(3)4/h9-11H,5-8,13H2,1-4H3,(H,14,15)/t11-/m0/s1. The van der Waals surface area contributed by atoms with E-state index < -0.39 is 6.04 Å². The zero-order valence-corrected chi connectivity index (χ0v) is 11.0. The first-order chi connectivity index (χ1) is 7.45. The molecule has 0 rings (SSSR count). The van der Waals surface area contributed by atoms with Crippen LogP contribution in [-0.4, -0.2) is 31.7 Å². The van der Waals surface area contributed by atoms with Crippen LogP contribution in [-0.2, 0) is 9.53 Å². The van der Waals surface area contributed by atoms with Crippen LogP contribution in [0.4, 0.5) is 0 Å². The maximum Gasteiger partial charge on any atom is 0.237 e. The molecule has 0 aliphatic rings. The van der Waals surface area contributed by atoms with E-state index in [-0.39, 0.29) is 11.8 Å². The van der Waals surface area contributed by atoms with Crippen LogP contribution in [0.2, 0.25) is 0 Å². The van der Waals surface area contributed by atoms with Crippen LogP contribution >= 0.6 is 0 Å². The number of ether oxygens (including phenoxy) is 1. The molecule has 0 spiro atoms. The second kappa shape index (κ2) is 8.53. The molecule has 0 saturated carbocycles. The number of carbonyl (C=O) groups is 1. The minimum absolute atomic E-state index is 0.0949. The van der Waals surface area contributed by atoms with Crippen molar-refractivity contribution in [2.24, 2.45) is 17.6 Å². The topological polar surface area (TPSA) is 64.3 Å². The molecule has 4 nitrogen and oxygen atoms in total. The molecule has 0 aliphatic carbocycles. The quantitative estimate of drug-likeness (QED) is 0.615. The Bertz CT molecular complexity index is 193. The summed E-state index contributed by atoms with van der Waals surface area (Å²) in [5.74, 6) is 0.730. The summed E-state index contributed by atoms with van der Waals surface area (Å²) < 4.78 is 5.38. The van der Waals surface area contributed by atoms with Gasteiger partial charge in [-0.05, 0) is 18.3 Å². The van der Waals surface area contributed by atoms with E-state index in [1.165, 1.54) is 0 Å². The molecular formula is C12H26N2O2. The Morgan fingerprint density at radius 2 is 1.88 bits per heavy atom. The Hall–Kier alpha value is -0.610. The molecule has 0 saturated heterocycles. The lowest BCUT2D eigenvalue weighted by molar-refractivity contribution is -0.123. The fourth-order valence-corrected chi connectivity index (χ4v) is 1.09. The Balaban J connectivity index is 3.41. The van der Waals surface area contributed by atoms with Crippen molar-refractivity contribution < 1.29 is 9.53 Å². The van der Waals surface area contributed by atoms with E-state index in [2.05, 4.69) is 19.2 Å². The molecule has 96 valence electrons. The lowest BCUT2D eigenvalue weighted by Crippen LogP contribution is -2.44. The van der Waals surface area contributed by atoms with Gasteiger partial charge >= 0.3 is 0 Å². The molecule has 0 unspecified atom stereocenters. The maximum atomic E-state index is 11.4. The summed E-state index contributed by atoms with van der Waals surface area (Å²) in [5, 5.41) is 2.76. The van der Waals surface area contributed by atoms with Crippen LogP contribution in [0.3, 0.4) is 0 Å². The van der Waals surface area contributed by atoms with Gasteiger partial charge in [-0.25, -0.2) is 0 Å². The first-order valence-electron chi connectivity index (χ1n) is 6.06. The average molecular weight is 230 g/mol. The van der Waals surface area contributed by atoms with Crippen molar-refractivity contribution in [3.05, 3.63) is 0 Å². The molecule has 0 bridgehead atoms. The van der Waals surface area contributed by atoms with Crippen LogP contribution in [0.5, 0.6) is 0 Å². The summed E-state index contributed by atoms with van der Waals surface area (Å²) in [4.78, 5) is 11.4. The Labute approximate surface area is 98.9 Å². The summed E-state index contributed by atoms with van der Waals surface area (Å²) in [6, 6.07) is -0.421. The van der Waals surface area contributed by atoms with Gasteiger partial charge in [0.25, 0.3) is 0 Å². The van der Waals surface area contributed by atoms with E-state index in [4.69, 9.17) is 10.5 Å². The number of nitrogens with one attached hydrogen (secondary N) is 1. The summed E-state index contributed by atoms with van der Waals surface area (Å²) in [7, 11) is 0. The third-order valence-electron chi connectivity index (χ3n) is 2.41. The fraction of sp³-hybridized carbons (Fsp3) is 0.917. The largest absolute Gasteiger partial charge is 0.380 e. The van der Waals surface area contributed by atoms with Gasteiger partial charge in [-0.2, -0.15) is 0 Å². The predicted molar refractivity (Wildman–Crippen MR) is 66.1 cm³/mol. The summed E-state index contributed by atoms with van der Waals surface area (Å²) in [6.45, 7) is 10.0. The van der Waals surface area contributed by atoms with E-state index in [0.29, 0.717) is 19.1 Å². The monoisotopic (exact) mass is 230 g/mol. The van der Waals surface area contributed by atoms with Gasteiger partial charge in [0, 0.05) is 13.2 Å². The molecule has 0 fully saturated rings. The number of hydrogen-bond acceptors (Lipinski definition) is 3. The van der Waals surface area contributed by atoms with Crippen LogP contribution in [0.15, 0.2) is 0 Å². The Morgan fingerprint density at radius 1 is 1.25 bits per heavy atom. The van der Waals surface area contributed by atoms with Crippen molar-refractivity contribution in [2.75, 3.05) is 19.8 Å². The van der Waals surface area contributed by atoms with Crippen molar-refractivity contribution in [3.63, 3.8) is 0 Å². The molecule has 0 heterocycles. The van der Waals surface area contributed by atoms with Crippen molar-refractivity contribution in [1.29, 1.82) is 0 Å². The van der Waals surface area contributed by atoms with E-state index in [1.54, 1.807) is 0 Å². The highest BCUT2D eigenvalue weighted by molar-refractivity contribution is 5.81. The fourth-order valence-electron chi connectivity index (χ4n) is 1.09. The van der Waals surface area contributed by atoms with Gasteiger partial charge in [0.15, 0.2) is 0 Å². The minimum atomic E-state index is -0.421. The number of rotatable bonds is 8. The Kier molecular flexibility index (Phi) is 8.21. The predicted octanol–water partition coefficient (Wildman–Crippen LogP) is 1.15. The zero-order chi connectivity index (χ0) is 12.6. The van der Waals surface area contributed by atoms with Crippen molar-refractivity contribution in [2.45, 2.75) is 40.2 Å². The third-order valence-corrected chi connectivity index (χ3v) is 2.41. The second-order valence-electron chi connectivity index (χ2n) is 4.86. The number of nitrogens with two attached hydrogens (primary N) is 1. The molecule has 4 heteroatoms. The van der Waals surface area contributed by atoms with Gasteiger partial charge in [-0.3, -0.25) is 4.79 Å². The van der Waals surface area contributed by atoms with Gasteiger partial charge < -0.3 is 15.8 Å². The summed E-state index contributed by atoms with van der Waals surface area (Å²) in [6.07, 6.45) is 1.06. The van der Waals surface area contributed by atoms with Gasteiger partial charge in [0.2, 0.25) is 5.91 Å². The lowest BCUT2D eigenvalue weighted by atomic mass is 10.1. The molecule has 0 aromatic carbocycles. The molecule has 3 N–H and O–H groups in total. The Morgan fingerprint density at radius 3 is 2.38 bits per heavy atom. The van der Waals surface area contributed by atoms with E-state index >= 15 is 0 Å². The number of carbonyl (C=O) groups excluding carboxylic acids is 1. The van der Waals surface area contributed by atoms with Crippen LogP contribution in [0.25, 0.3) is 0 Å². The zero-order valence-electron chi connectivity index (χ0n) is 11.0. The van der Waals surface area contributed by atoms with Gasteiger partial charge in [-0.1, -0.05) is 27.7 Å². The first-order valence-corrected chi connectivity index (χ1v) is 6.06. The number of amides is 1. The van der Waals surface area contributed by atoms with Crippen LogP contribution in [0, 0.1) is 11.8 Å². The minimum Gasteiger partial charge on any atom is -0.380 e. The summed E-state index contributed by atoms with van der Waals surface area (Å²) in [5.41, 5.74) is 5.69. The molecule has 16 heavy (non-hydrogen) atoms. The van der Waals surface area contributed by atoms with Crippen molar-refractivity contribution >= 4 is 5.91 Å². The van der Waals surface area contributed by atoms with Gasteiger partial charge in [-0.15, -0.1) is 0 Å². The van der Waals surface area contributed by atoms with E-state index in [1.807, 2.05) is 13.8 Å². The van der Waals surface area contributed by atoms with Gasteiger partial charge in [0.1, 0.15) is 0 Å². The molecule has 1 atom stereocenters. The molecule has 1 amide bonds. The second-order valence-corrected chi connectivity index (χ2v) is 4.86. The lowest BCUT2D eigenvalue weighted by Gasteiger charge is -2.15. The van der Waals surface area contributed by atoms with Crippen LogP contribution < -0.4 is 11.1 Å². The SMILES string of the molecule is CC(C)CCOCCNC(=O)[C@@H](N)C(C)C. The van der Waals surface area contributed by atoms with Crippen molar-refractivity contribution in [1.82, 2.24) is 5.32 Å². The summed E-state index contributed by atoms with van der Waals surface area (Å²) >= 11 is 0. The highest BCUT2D eigenvalue weighted by Gasteiger charge is 2.15. The molecule has 0 aliphatic heterocycles. The smallest absolute Gasteiger partial charge is 0.237 e. The normalized spacial score (nSPS) is 13.2. The molecule has 0 aromatic rings. The molecular weight excluding hydrogens is 204 g/mol. The highest BCUT2D eigenvalue weighted by Crippen LogP contribution is 1.99. The van der Waals surface area contributed by atoms with E-state index in [9.17, 15) is 4.79 Å². The average Bonchev–Trinajstić information content (AvgIpc) is 2.21. The molecule has 0 radical (unpaired) electrons. The maximum absolute atomic E-state index is 11.4.